The molecule has 0 amide bonds. The molecule has 0 saturated heterocycles. The van der Waals surface area contributed by atoms with E-state index in [1.54, 1.807) is 0 Å². The van der Waals surface area contributed by atoms with Gasteiger partial charge >= 0.3 is 0 Å². The first-order valence-corrected chi connectivity index (χ1v) is 4.79. The van der Waals surface area contributed by atoms with E-state index in [9.17, 15) is 0 Å². The van der Waals surface area contributed by atoms with Crippen LogP contribution in [0.4, 0.5) is 0 Å². The predicted molar refractivity (Wildman–Crippen MR) is 55.7 cm³/mol. The van der Waals surface area contributed by atoms with Gasteiger partial charge in [-0.1, -0.05) is 18.2 Å². The number of para-hydroxylation sites is 1. The minimum Gasteiger partial charge on any atom is -0.493 e. The molecule has 3 N–H and O–H groups in total. The number of amidine groups is 1. The molecule has 1 unspecified atom stereocenters. The Morgan fingerprint density at radius 1 is 1.50 bits per heavy atom. The molecule has 1 atom stereocenters. The summed E-state index contributed by atoms with van der Waals surface area (Å²) >= 11 is 0. The van der Waals surface area contributed by atoms with Gasteiger partial charge in [0, 0.05) is 12.3 Å². The molecule has 0 fully saturated rings. The number of nitrogens with two attached hydrogens (primary N) is 1. The molecule has 1 aliphatic rings. The fraction of sp³-hybridized carbons (Fsp3) is 0.364. The lowest BCUT2D eigenvalue weighted by Gasteiger charge is -2.24. The fourth-order valence-electron chi connectivity index (χ4n) is 1.83. The average Bonchev–Trinajstić information content (AvgIpc) is 2.17. The molecular formula is C11H14N2O. The molecule has 1 aromatic rings. The molecule has 3 nitrogen and oxygen atoms in total. The van der Waals surface area contributed by atoms with E-state index in [2.05, 4.69) is 6.07 Å². The monoisotopic (exact) mass is 190 g/mol. The largest absolute Gasteiger partial charge is 0.493 e. The zero-order valence-electron chi connectivity index (χ0n) is 7.99. The Hall–Kier alpha value is -1.51. The topological polar surface area (TPSA) is 59.1 Å². The number of fused-ring (bicyclic) bond motifs is 1. The van der Waals surface area contributed by atoms with E-state index in [4.69, 9.17) is 15.9 Å². The quantitative estimate of drug-likeness (QED) is 0.549. The summed E-state index contributed by atoms with van der Waals surface area (Å²) in [7, 11) is 0. The molecule has 1 heterocycles. The van der Waals surface area contributed by atoms with Gasteiger partial charge in [-0.2, -0.15) is 0 Å². The van der Waals surface area contributed by atoms with Crippen molar-refractivity contribution in [3.63, 3.8) is 0 Å². The van der Waals surface area contributed by atoms with Gasteiger partial charge in [0.2, 0.25) is 0 Å². The van der Waals surface area contributed by atoms with Crippen molar-refractivity contribution >= 4 is 5.84 Å². The highest BCUT2D eigenvalue weighted by molar-refractivity contribution is 5.77. The molecule has 0 radical (unpaired) electrons. The maximum atomic E-state index is 7.24. The third kappa shape index (κ3) is 1.87. The second-order valence-electron chi connectivity index (χ2n) is 3.72. The van der Waals surface area contributed by atoms with Crippen LogP contribution in [-0.4, -0.2) is 12.4 Å². The van der Waals surface area contributed by atoms with Crippen LogP contribution in [-0.2, 0) is 6.42 Å². The first-order chi connectivity index (χ1) is 6.75. The highest BCUT2D eigenvalue weighted by atomic mass is 16.5. The molecule has 1 aromatic carbocycles. The first-order valence-electron chi connectivity index (χ1n) is 4.79. The Balaban J connectivity index is 2.09. The van der Waals surface area contributed by atoms with Gasteiger partial charge in [-0.25, -0.2) is 0 Å². The van der Waals surface area contributed by atoms with Gasteiger partial charge in [-0.05, 0) is 18.1 Å². The van der Waals surface area contributed by atoms with Crippen molar-refractivity contribution in [2.24, 2.45) is 11.7 Å². The number of nitrogens with one attached hydrogen (secondary N) is 1. The van der Waals surface area contributed by atoms with Gasteiger partial charge in [-0.15, -0.1) is 0 Å². The van der Waals surface area contributed by atoms with Crippen LogP contribution in [0, 0.1) is 11.3 Å². The van der Waals surface area contributed by atoms with Crippen molar-refractivity contribution in [3.05, 3.63) is 29.8 Å². The number of benzene rings is 1. The Morgan fingerprint density at radius 3 is 3.07 bits per heavy atom. The summed E-state index contributed by atoms with van der Waals surface area (Å²) in [5, 5.41) is 7.24. The van der Waals surface area contributed by atoms with Crippen LogP contribution >= 0.6 is 0 Å². The lowest BCUT2D eigenvalue weighted by atomic mass is 9.94. The fourth-order valence-corrected chi connectivity index (χ4v) is 1.83. The van der Waals surface area contributed by atoms with Crippen molar-refractivity contribution in [2.45, 2.75) is 12.8 Å². The van der Waals surface area contributed by atoms with E-state index in [1.165, 1.54) is 5.56 Å². The van der Waals surface area contributed by atoms with Crippen molar-refractivity contribution < 1.29 is 4.74 Å². The molecule has 14 heavy (non-hydrogen) atoms. The summed E-state index contributed by atoms with van der Waals surface area (Å²) in [5.41, 5.74) is 6.60. The highest BCUT2D eigenvalue weighted by Gasteiger charge is 2.19. The van der Waals surface area contributed by atoms with Gasteiger partial charge in [-0.3, -0.25) is 5.41 Å². The first kappa shape index (κ1) is 9.06. The summed E-state index contributed by atoms with van der Waals surface area (Å²) in [4.78, 5) is 0. The normalized spacial score (nSPS) is 19.6. The lowest BCUT2D eigenvalue weighted by molar-refractivity contribution is 0.226. The van der Waals surface area contributed by atoms with Crippen LogP contribution in [0.3, 0.4) is 0 Å². The number of hydrogen-bond donors (Lipinski definition) is 2. The Labute approximate surface area is 83.4 Å². The Bertz CT molecular complexity index is 349. The van der Waals surface area contributed by atoms with Gasteiger partial charge < -0.3 is 10.5 Å². The smallest absolute Gasteiger partial charge is 0.122 e. The van der Waals surface area contributed by atoms with Crippen molar-refractivity contribution in [1.82, 2.24) is 0 Å². The second-order valence-corrected chi connectivity index (χ2v) is 3.72. The van der Waals surface area contributed by atoms with Crippen LogP contribution in [0.25, 0.3) is 0 Å². The van der Waals surface area contributed by atoms with Crippen molar-refractivity contribution in [2.75, 3.05) is 6.61 Å². The third-order valence-corrected chi connectivity index (χ3v) is 2.46. The SMILES string of the molecule is N=C(N)CC1COc2ccccc2C1. The third-order valence-electron chi connectivity index (χ3n) is 2.46. The van der Waals surface area contributed by atoms with Gasteiger partial charge in [0.25, 0.3) is 0 Å². The number of hydrogen-bond acceptors (Lipinski definition) is 2. The van der Waals surface area contributed by atoms with Gasteiger partial charge in [0.1, 0.15) is 5.75 Å². The van der Waals surface area contributed by atoms with Gasteiger partial charge in [0.15, 0.2) is 0 Å². The Kier molecular flexibility index (Phi) is 2.39. The summed E-state index contributed by atoms with van der Waals surface area (Å²) in [5.74, 6) is 1.59. The van der Waals surface area contributed by atoms with Crippen LogP contribution in [0.2, 0.25) is 0 Å². The standard InChI is InChI=1S/C11H14N2O/c12-11(13)6-8-5-9-3-1-2-4-10(9)14-7-8/h1-4,8H,5-7H2,(H3,12,13). The van der Waals surface area contributed by atoms with E-state index < -0.39 is 0 Å². The molecule has 0 bridgehead atoms. The average molecular weight is 190 g/mol. The minimum absolute atomic E-state index is 0.248. The number of rotatable bonds is 2. The molecule has 2 rings (SSSR count). The van der Waals surface area contributed by atoms with E-state index in [0.717, 1.165) is 12.2 Å². The van der Waals surface area contributed by atoms with E-state index in [0.29, 0.717) is 18.9 Å². The highest BCUT2D eigenvalue weighted by Crippen LogP contribution is 2.27. The molecule has 74 valence electrons. The summed E-state index contributed by atoms with van der Waals surface area (Å²) in [6, 6.07) is 8.05. The second kappa shape index (κ2) is 3.70. The van der Waals surface area contributed by atoms with Crippen LogP contribution in [0.15, 0.2) is 24.3 Å². The predicted octanol–water partition coefficient (Wildman–Crippen LogP) is 1.56. The molecule has 0 spiro atoms. The van der Waals surface area contributed by atoms with Crippen LogP contribution < -0.4 is 10.5 Å². The van der Waals surface area contributed by atoms with Crippen molar-refractivity contribution in [3.8, 4) is 5.75 Å². The molecule has 0 saturated carbocycles. The van der Waals surface area contributed by atoms with E-state index in [-0.39, 0.29) is 5.84 Å². The lowest BCUT2D eigenvalue weighted by Crippen LogP contribution is -2.25. The zero-order valence-corrected chi connectivity index (χ0v) is 7.99. The summed E-state index contributed by atoms with van der Waals surface area (Å²) in [6.07, 6.45) is 1.60. The minimum atomic E-state index is 0.248. The molecule has 3 heteroatoms. The number of ether oxygens (including phenoxy) is 1. The zero-order chi connectivity index (χ0) is 9.97. The summed E-state index contributed by atoms with van der Waals surface area (Å²) < 4.78 is 5.58. The molecule has 0 aliphatic carbocycles. The van der Waals surface area contributed by atoms with Crippen LogP contribution in [0.1, 0.15) is 12.0 Å². The Morgan fingerprint density at radius 2 is 2.29 bits per heavy atom. The van der Waals surface area contributed by atoms with Gasteiger partial charge in [0.05, 0.1) is 12.4 Å². The van der Waals surface area contributed by atoms with E-state index >= 15 is 0 Å². The molecule has 1 aliphatic heterocycles. The molecule has 0 aromatic heterocycles. The van der Waals surface area contributed by atoms with Crippen molar-refractivity contribution in [1.29, 1.82) is 5.41 Å². The molecular weight excluding hydrogens is 176 g/mol. The van der Waals surface area contributed by atoms with Crippen LogP contribution in [0.5, 0.6) is 5.75 Å². The summed E-state index contributed by atoms with van der Waals surface area (Å²) in [6.45, 7) is 0.677. The maximum Gasteiger partial charge on any atom is 0.122 e. The maximum absolute atomic E-state index is 7.24. The van der Waals surface area contributed by atoms with E-state index in [1.807, 2.05) is 18.2 Å².